The second kappa shape index (κ2) is 5.31. The lowest BCUT2D eigenvalue weighted by atomic mass is 10.2. The van der Waals surface area contributed by atoms with Gasteiger partial charge < -0.3 is 10.4 Å². The molecule has 2 rings (SSSR count). The fourth-order valence-electron chi connectivity index (χ4n) is 1.64. The highest BCUT2D eigenvalue weighted by Gasteiger charge is 2.09. The average Bonchev–Trinajstić information content (AvgIpc) is 2.75. The fraction of sp³-hybridized carbons (Fsp3) is 0.250. The first-order valence-electron chi connectivity index (χ1n) is 5.56. The number of hydrogen-bond donors (Lipinski definition) is 2. The summed E-state index contributed by atoms with van der Waals surface area (Å²) in [6, 6.07) is 3.59. The molecule has 6 nitrogen and oxygen atoms in total. The summed E-state index contributed by atoms with van der Waals surface area (Å²) < 4.78 is 1.74. The summed E-state index contributed by atoms with van der Waals surface area (Å²) in [6.45, 7) is 0.626. The molecule has 0 saturated carbocycles. The second-order valence-corrected chi connectivity index (χ2v) is 3.88. The van der Waals surface area contributed by atoms with Gasteiger partial charge in [0, 0.05) is 38.6 Å². The van der Waals surface area contributed by atoms with E-state index in [1.807, 2.05) is 19.3 Å². The Balaban J connectivity index is 1.96. The van der Waals surface area contributed by atoms with Gasteiger partial charge in [-0.05, 0) is 12.1 Å². The van der Waals surface area contributed by atoms with Crippen LogP contribution in [0.1, 0.15) is 16.1 Å². The average molecular weight is 246 g/mol. The number of carboxylic acid groups (broad SMARTS) is 1. The van der Waals surface area contributed by atoms with Gasteiger partial charge in [-0.25, -0.2) is 4.79 Å². The molecule has 0 bridgehead atoms. The maximum Gasteiger partial charge on any atom is 0.339 e. The van der Waals surface area contributed by atoms with Gasteiger partial charge in [0.25, 0.3) is 0 Å². The van der Waals surface area contributed by atoms with Gasteiger partial charge in [-0.3, -0.25) is 9.67 Å². The Hall–Kier alpha value is -2.37. The van der Waals surface area contributed by atoms with Crippen molar-refractivity contribution in [3.8, 4) is 0 Å². The number of aromatic nitrogens is 3. The Labute approximate surface area is 104 Å². The van der Waals surface area contributed by atoms with Gasteiger partial charge in [0.1, 0.15) is 5.56 Å². The van der Waals surface area contributed by atoms with Crippen molar-refractivity contribution < 1.29 is 9.90 Å². The smallest absolute Gasteiger partial charge is 0.339 e. The number of nitrogens with zero attached hydrogens (tertiary/aromatic N) is 3. The van der Waals surface area contributed by atoms with E-state index >= 15 is 0 Å². The second-order valence-electron chi connectivity index (χ2n) is 3.88. The highest BCUT2D eigenvalue weighted by Crippen LogP contribution is 2.13. The first kappa shape index (κ1) is 12.1. The van der Waals surface area contributed by atoms with Crippen LogP contribution in [0.3, 0.4) is 0 Å². The molecule has 18 heavy (non-hydrogen) atoms. The summed E-state index contributed by atoms with van der Waals surface area (Å²) in [5, 5.41) is 16.3. The minimum atomic E-state index is -0.983. The van der Waals surface area contributed by atoms with E-state index in [9.17, 15) is 4.79 Å². The summed E-state index contributed by atoms with van der Waals surface area (Å²) in [6.07, 6.45) is 5.52. The van der Waals surface area contributed by atoms with E-state index in [4.69, 9.17) is 5.11 Å². The van der Waals surface area contributed by atoms with Crippen LogP contribution in [-0.2, 0) is 13.5 Å². The number of pyridine rings is 1. The Morgan fingerprint density at radius 3 is 3.00 bits per heavy atom. The van der Waals surface area contributed by atoms with Gasteiger partial charge in [0.15, 0.2) is 0 Å². The molecular weight excluding hydrogens is 232 g/mol. The molecule has 0 atom stereocenters. The van der Waals surface area contributed by atoms with E-state index in [0.717, 1.165) is 12.1 Å². The van der Waals surface area contributed by atoms with Crippen molar-refractivity contribution in [1.82, 2.24) is 14.8 Å². The molecule has 2 N–H and O–H groups in total. The van der Waals surface area contributed by atoms with Crippen LogP contribution in [0.25, 0.3) is 0 Å². The monoisotopic (exact) mass is 246 g/mol. The Kier molecular flexibility index (Phi) is 3.57. The summed E-state index contributed by atoms with van der Waals surface area (Å²) in [7, 11) is 1.86. The third-order valence-electron chi connectivity index (χ3n) is 2.52. The van der Waals surface area contributed by atoms with Crippen LogP contribution in [0.5, 0.6) is 0 Å². The van der Waals surface area contributed by atoms with Gasteiger partial charge in [-0.2, -0.15) is 5.10 Å². The zero-order valence-electron chi connectivity index (χ0n) is 10.00. The van der Waals surface area contributed by atoms with Crippen molar-refractivity contribution in [1.29, 1.82) is 0 Å². The van der Waals surface area contributed by atoms with Crippen molar-refractivity contribution in [3.63, 3.8) is 0 Å². The lowest BCUT2D eigenvalue weighted by molar-refractivity contribution is 0.0697. The molecule has 0 radical (unpaired) electrons. The highest BCUT2D eigenvalue weighted by atomic mass is 16.4. The number of anilines is 1. The molecule has 2 heterocycles. The zero-order chi connectivity index (χ0) is 13.0. The molecule has 0 unspecified atom stereocenters. The third-order valence-corrected chi connectivity index (χ3v) is 2.52. The Morgan fingerprint density at radius 1 is 1.50 bits per heavy atom. The number of aryl methyl sites for hydroxylation is 1. The summed E-state index contributed by atoms with van der Waals surface area (Å²) in [5.74, 6) is -0.983. The van der Waals surface area contributed by atoms with Crippen molar-refractivity contribution in [2.75, 3.05) is 11.9 Å². The van der Waals surface area contributed by atoms with Crippen LogP contribution in [-0.4, -0.2) is 32.4 Å². The van der Waals surface area contributed by atoms with E-state index in [0.29, 0.717) is 12.2 Å². The van der Waals surface area contributed by atoms with Crippen LogP contribution in [0.15, 0.2) is 30.7 Å². The maximum absolute atomic E-state index is 11.0. The van der Waals surface area contributed by atoms with Gasteiger partial charge in [0.05, 0.1) is 11.4 Å². The number of carbonyl (C=O) groups is 1. The van der Waals surface area contributed by atoms with E-state index in [1.165, 1.54) is 6.20 Å². The van der Waals surface area contributed by atoms with Gasteiger partial charge in [-0.1, -0.05) is 0 Å². The molecule has 0 saturated heterocycles. The maximum atomic E-state index is 11.0. The van der Waals surface area contributed by atoms with Crippen LogP contribution in [0.4, 0.5) is 5.69 Å². The van der Waals surface area contributed by atoms with Crippen molar-refractivity contribution in [3.05, 3.63) is 42.0 Å². The van der Waals surface area contributed by atoms with Crippen molar-refractivity contribution in [2.24, 2.45) is 7.05 Å². The van der Waals surface area contributed by atoms with E-state index in [2.05, 4.69) is 15.4 Å². The first-order chi connectivity index (χ1) is 8.66. The van der Waals surface area contributed by atoms with Crippen molar-refractivity contribution in [2.45, 2.75) is 6.42 Å². The first-order valence-corrected chi connectivity index (χ1v) is 5.56. The Bertz CT molecular complexity index is 551. The molecule has 2 aromatic rings. The number of rotatable bonds is 5. The van der Waals surface area contributed by atoms with Gasteiger partial charge in [0.2, 0.25) is 0 Å². The Morgan fingerprint density at radius 2 is 2.33 bits per heavy atom. The predicted octanol–water partition coefficient (Wildman–Crippen LogP) is 1.17. The molecule has 94 valence electrons. The number of carboxylic acids is 1. The van der Waals surface area contributed by atoms with E-state index in [1.54, 1.807) is 16.9 Å². The molecule has 0 aliphatic heterocycles. The number of nitrogens with one attached hydrogen (secondary N) is 1. The van der Waals surface area contributed by atoms with Crippen molar-refractivity contribution >= 4 is 11.7 Å². The van der Waals surface area contributed by atoms with Crippen LogP contribution in [0.2, 0.25) is 0 Å². The highest BCUT2D eigenvalue weighted by molar-refractivity contribution is 5.93. The SMILES string of the molecule is Cn1ccc(CCNc2ccncc2C(=O)O)n1. The number of hydrogen-bond acceptors (Lipinski definition) is 4. The zero-order valence-corrected chi connectivity index (χ0v) is 10.00. The molecule has 0 aromatic carbocycles. The molecular formula is C12H14N4O2. The van der Waals surface area contributed by atoms with Gasteiger partial charge >= 0.3 is 5.97 Å². The van der Waals surface area contributed by atoms with Gasteiger partial charge in [-0.15, -0.1) is 0 Å². The molecule has 0 aliphatic carbocycles. The lowest BCUT2D eigenvalue weighted by Crippen LogP contribution is -2.10. The van der Waals surface area contributed by atoms with E-state index in [-0.39, 0.29) is 5.56 Å². The lowest BCUT2D eigenvalue weighted by Gasteiger charge is -2.07. The summed E-state index contributed by atoms with van der Waals surface area (Å²) >= 11 is 0. The molecule has 0 amide bonds. The minimum Gasteiger partial charge on any atom is -0.478 e. The van der Waals surface area contributed by atoms with Crippen LogP contribution in [0, 0.1) is 0 Å². The molecule has 2 aromatic heterocycles. The molecule has 0 aliphatic rings. The predicted molar refractivity (Wildman–Crippen MR) is 66.6 cm³/mol. The molecule has 0 spiro atoms. The van der Waals surface area contributed by atoms with Crippen LogP contribution < -0.4 is 5.32 Å². The summed E-state index contributed by atoms with van der Waals surface area (Å²) in [4.78, 5) is 14.8. The largest absolute Gasteiger partial charge is 0.478 e. The normalized spacial score (nSPS) is 10.3. The topological polar surface area (TPSA) is 80.0 Å². The third kappa shape index (κ3) is 2.85. The minimum absolute atomic E-state index is 0.179. The molecule has 0 fully saturated rings. The van der Waals surface area contributed by atoms with E-state index < -0.39 is 5.97 Å². The fourth-order valence-corrected chi connectivity index (χ4v) is 1.64. The summed E-state index contributed by atoms with van der Waals surface area (Å²) in [5.41, 5.74) is 1.72. The quantitative estimate of drug-likeness (QED) is 0.827. The molecule has 6 heteroatoms. The van der Waals surface area contributed by atoms with Crippen LogP contribution >= 0.6 is 0 Å². The standard InChI is InChI=1S/C12H14N4O2/c1-16-7-4-9(15-16)2-6-14-11-3-5-13-8-10(11)12(17)18/h3-5,7-8H,2,6H2,1H3,(H,13,14)(H,17,18). The number of aromatic carboxylic acids is 1.